The fraction of sp³-hybridized carbons (Fsp3) is 0.350. The second-order valence-electron chi connectivity index (χ2n) is 6.37. The third-order valence-electron chi connectivity index (χ3n) is 4.16. The molecule has 0 atom stereocenters. The normalized spacial score (nSPS) is 11.9. The maximum atomic E-state index is 12.5. The molecule has 0 heterocycles. The molecule has 0 spiro atoms. The van der Waals surface area contributed by atoms with Gasteiger partial charge in [-0.25, -0.2) is 4.99 Å². The molecule has 146 valence electrons. The topological polar surface area (TPSA) is 24.8 Å². The molecule has 0 radical (unpaired) electrons. The van der Waals surface area contributed by atoms with Crippen LogP contribution in [0.2, 0.25) is 5.02 Å². The van der Waals surface area contributed by atoms with Crippen LogP contribution in [0.1, 0.15) is 29.2 Å². The van der Waals surface area contributed by atoms with E-state index in [1.807, 2.05) is 44.9 Å². The lowest BCUT2D eigenvalue weighted by Gasteiger charge is -2.14. The molecule has 7 heteroatoms. The first-order valence-electron chi connectivity index (χ1n) is 8.47. The van der Waals surface area contributed by atoms with Gasteiger partial charge in [0.05, 0.1) is 17.0 Å². The fourth-order valence-electron chi connectivity index (χ4n) is 2.51. The number of hydrogen-bond acceptors (Lipinski definition) is 2. The van der Waals surface area contributed by atoms with Gasteiger partial charge in [0, 0.05) is 13.6 Å². The summed E-state index contributed by atoms with van der Waals surface area (Å²) in [6, 6.07) is 8.43. The van der Waals surface area contributed by atoms with Crippen molar-refractivity contribution in [3.63, 3.8) is 0 Å². The summed E-state index contributed by atoms with van der Waals surface area (Å²) in [5.41, 5.74) is 4.57. The van der Waals surface area contributed by atoms with Crippen molar-refractivity contribution in [2.24, 2.45) is 4.99 Å². The lowest BCUT2D eigenvalue weighted by atomic mass is 9.97. The first-order valence-corrected chi connectivity index (χ1v) is 8.85. The molecule has 0 fully saturated rings. The molecule has 0 N–H and O–H groups in total. The monoisotopic (exact) mass is 398 g/mol. The lowest BCUT2D eigenvalue weighted by Crippen LogP contribution is -2.17. The highest BCUT2D eigenvalue weighted by atomic mass is 35.5. The number of aryl methyl sites for hydroxylation is 2. The quantitative estimate of drug-likeness (QED) is 0.436. The van der Waals surface area contributed by atoms with Gasteiger partial charge in [-0.05, 0) is 67.6 Å². The number of nitrogens with zero attached hydrogens (tertiary/aromatic N) is 2. The van der Waals surface area contributed by atoms with Gasteiger partial charge in [0.15, 0.2) is 0 Å². The number of hydrogen-bond donors (Lipinski definition) is 0. The largest absolute Gasteiger partial charge is 0.573 e. The van der Waals surface area contributed by atoms with Crippen molar-refractivity contribution in [1.29, 1.82) is 0 Å². The van der Waals surface area contributed by atoms with E-state index in [2.05, 4.69) is 9.73 Å². The summed E-state index contributed by atoms with van der Waals surface area (Å²) in [7, 11) is 1.95. The van der Waals surface area contributed by atoms with Crippen LogP contribution in [0, 0.1) is 13.8 Å². The van der Waals surface area contributed by atoms with Crippen LogP contribution in [0.4, 0.5) is 18.9 Å². The van der Waals surface area contributed by atoms with Crippen LogP contribution in [-0.4, -0.2) is 31.2 Å². The highest BCUT2D eigenvalue weighted by Crippen LogP contribution is 2.32. The molecule has 2 aromatic carbocycles. The van der Waals surface area contributed by atoms with Crippen molar-refractivity contribution in [3.8, 4) is 5.75 Å². The van der Waals surface area contributed by atoms with Crippen molar-refractivity contribution >= 4 is 23.6 Å². The van der Waals surface area contributed by atoms with E-state index in [9.17, 15) is 13.2 Å². The minimum Gasteiger partial charge on any atom is -0.404 e. The molecule has 0 aliphatic heterocycles. The zero-order valence-electron chi connectivity index (χ0n) is 15.7. The Morgan fingerprint density at radius 3 is 2.48 bits per heavy atom. The van der Waals surface area contributed by atoms with E-state index in [4.69, 9.17) is 11.6 Å². The average Bonchev–Trinajstić information content (AvgIpc) is 2.58. The lowest BCUT2D eigenvalue weighted by molar-refractivity contribution is -0.274. The fourth-order valence-corrected chi connectivity index (χ4v) is 2.67. The maximum absolute atomic E-state index is 12.5. The summed E-state index contributed by atoms with van der Waals surface area (Å²) in [6.45, 7) is 6.82. The van der Waals surface area contributed by atoms with E-state index in [0.717, 1.165) is 28.9 Å². The molecule has 2 aromatic rings. The van der Waals surface area contributed by atoms with E-state index >= 15 is 0 Å². The number of alkyl halides is 3. The molecule has 0 aliphatic rings. The molecule has 0 aliphatic carbocycles. The molecular weight excluding hydrogens is 377 g/mol. The van der Waals surface area contributed by atoms with Gasteiger partial charge in [0.25, 0.3) is 0 Å². The zero-order chi connectivity index (χ0) is 20.2. The van der Waals surface area contributed by atoms with E-state index in [1.165, 1.54) is 12.1 Å². The van der Waals surface area contributed by atoms with Gasteiger partial charge in [-0.1, -0.05) is 23.7 Å². The van der Waals surface area contributed by atoms with Crippen molar-refractivity contribution in [3.05, 3.63) is 57.6 Å². The van der Waals surface area contributed by atoms with Crippen molar-refractivity contribution < 1.29 is 17.9 Å². The van der Waals surface area contributed by atoms with Crippen LogP contribution in [-0.2, 0) is 6.42 Å². The number of halogens is 4. The Labute approximate surface area is 162 Å². The van der Waals surface area contributed by atoms with Crippen molar-refractivity contribution in [2.45, 2.75) is 33.6 Å². The molecule has 3 nitrogen and oxygen atoms in total. The Bertz CT molecular complexity index is 835. The second-order valence-corrected chi connectivity index (χ2v) is 6.78. The van der Waals surface area contributed by atoms with E-state index in [-0.39, 0.29) is 10.8 Å². The first-order chi connectivity index (χ1) is 12.6. The molecule has 0 aromatic heterocycles. The Kier molecular flexibility index (Phi) is 6.76. The van der Waals surface area contributed by atoms with Crippen LogP contribution in [0.15, 0.2) is 35.3 Å². The SMILES string of the molecule is CCN(C)/C=N\c1cc(C)c(Cc2ccc(Cl)c(OC(F)(F)F)c2)cc1C. The summed E-state index contributed by atoms with van der Waals surface area (Å²) >= 11 is 5.81. The molecule has 0 saturated carbocycles. The Morgan fingerprint density at radius 1 is 1.15 bits per heavy atom. The summed E-state index contributed by atoms with van der Waals surface area (Å²) < 4.78 is 41.5. The summed E-state index contributed by atoms with van der Waals surface area (Å²) in [4.78, 5) is 6.46. The van der Waals surface area contributed by atoms with E-state index < -0.39 is 6.36 Å². The standard InChI is InChI=1S/C20H22ClF3N2O/c1-5-26(4)12-25-18-9-13(2)16(8-14(18)3)10-15-6-7-17(21)19(11-15)27-20(22,23)24/h6-9,11-12H,5,10H2,1-4H3/b25-12-. The van der Waals surface area contributed by atoms with Crippen LogP contribution in [0.3, 0.4) is 0 Å². The Morgan fingerprint density at radius 2 is 1.85 bits per heavy atom. The van der Waals surface area contributed by atoms with E-state index in [1.54, 1.807) is 12.4 Å². The summed E-state index contributed by atoms with van der Waals surface area (Å²) in [5, 5.41) is -0.0753. The van der Waals surface area contributed by atoms with Crippen LogP contribution in [0.5, 0.6) is 5.75 Å². The molecular formula is C20H22ClF3N2O. The Hall–Kier alpha value is -2.21. The number of ether oxygens (including phenoxy) is 1. The molecule has 0 amide bonds. The highest BCUT2D eigenvalue weighted by Gasteiger charge is 2.32. The van der Waals surface area contributed by atoms with Gasteiger partial charge < -0.3 is 9.64 Å². The molecule has 27 heavy (non-hydrogen) atoms. The minimum absolute atomic E-state index is 0.0753. The Balaban J connectivity index is 2.26. The summed E-state index contributed by atoms with van der Waals surface area (Å²) in [5.74, 6) is -0.389. The molecule has 0 unspecified atom stereocenters. The van der Waals surface area contributed by atoms with Gasteiger partial charge >= 0.3 is 6.36 Å². The molecule has 2 rings (SSSR count). The molecule has 0 saturated heterocycles. The van der Waals surface area contributed by atoms with E-state index in [0.29, 0.717) is 12.0 Å². The van der Waals surface area contributed by atoms with Crippen molar-refractivity contribution in [1.82, 2.24) is 4.90 Å². The average molecular weight is 399 g/mol. The predicted octanol–water partition coefficient (Wildman–Crippen LogP) is 6.06. The van der Waals surface area contributed by atoms with Gasteiger partial charge in [-0.15, -0.1) is 13.2 Å². The highest BCUT2D eigenvalue weighted by molar-refractivity contribution is 6.32. The maximum Gasteiger partial charge on any atom is 0.573 e. The summed E-state index contributed by atoms with van der Waals surface area (Å²) in [6.07, 6.45) is -2.53. The smallest absolute Gasteiger partial charge is 0.404 e. The van der Waals surface area contributed by atoms with Crippen molar-refractivity contribution in [2.75, 3.05) is 13.6 Å². The number of benzene rings is 2. The van der Waals surface area contributed by atoms with Crippen LogP contribution in [0.25, 0.3) is 0 Å². The van der Waals surface area contributed by atoms with Gasteiger partial charge in [-0.2, -0.15) is 0 Å². The minimum atomic E-state index is -4.78. The van der Waals surface area contributed by atoms with Crippen LogP contribution < -0.4 is 4.74 Å². The predicted molar refractivity (Wildman–Crippen MR) is 103 cm³/mol. The van der Waals surface area contributed by atoms with Gasteiger partial charge in [0.1, 0.15) is 5.75 Å². The van der Waals surface area contributed by atoms with Crippen LogP contribution >= 0.6 is 11.6 Å². The van der Waals surface area contributed by atoms with Gasteiger partial charge in [-0.3, -0.25) is 0 Å². The number of aliphatic imine (C=N–C) groups is 1. The third kappa shape index (κ3) is 6.17. The number of rotatable bonds is 6. The van der Waals surface area contributed by atoms with Gasteiger partial charge in [0.2, 0.25) is 0 Å². The second kappa shape index (κ2) is 8.65. The first kappa shape index (κ1) is 21.1. The molecule has 0 bridgehead atoms. The zero-order valence-corrected chi connectivity index (χ0v) is 16.4. The third-order valence-corrected chi connectivity index (χ3v) is 4.48.